The van der Waals surface area contributed by atoms with E-state index in [9.17, 15) is 9.59 Å². The molecule has 0 aromatic heterocycles. The lowest BCUT2D eigenvalue weighted by molar-refractivity contribution is 0.0734. The molecule has 0 bridgehead atoms. The molecule has 0 unspecified atom stereocenters. The monoisotopic (exact) mass is 372 g/mol. The predicted molar refractivity (Wildman–Crippen MR) is 107 cm³/mol. The van der Waals surface area contributed by atoms with Crippen LogP contribution in [0, 0.1) is 6.92 Å². The number of carbonyl (C=O) groups is 2. The zero-order valence-electron chi connectivity index (χ0n) is 14.6. The third-order valence-corrected chi connectivity index (χ3v) is 5.37. The number of esters is 1. The first-order valence-corrected chi connectivity index (χ1v) is 9.34. The summed E-state index contributed by atoms with van der Waals surface area (Å²) in [7, 11) is 0. The number of aryl methyl sites for hydroxylation is 1. The summed E-state index contributed by atoms with van der Waals surface area (Å²) in [5, 5.41) is 0. The SMILES string of the molecule is Cc1ccc(C(=O)Oc2ccccc2/C=C2\Sc3ccccc3C2=O)cc1. The first kappa shape index (κ1) is 17.3. The van der Waals surface area contributed by atoms with Gasteiger partial charge in [0.15, 0.2) is 0 Å². The summed E-state index contributed by atoms with van der Waals surface area (Å²) >= 11 is 1.44. The number of hydrogen-bond acceptors (Lipinski definition) is 4. The first-order chi connectivity index (χ1) is 13.1. The summed E-state index contributed by atoms with van der Waals surface area (Å²) in [6.45, 7) is 1.96. The molecule has 3 nitrogen and oxygen atoms in total. The van der Waals surface area contributed by atoms with Crippen molar-refractivity contribution in [2.75, 3.05) is 0 Å². The molecule has 1 aliphatic heterocycles. The molecule has 4 rings (SSSR count). The number of allylic oxidation sites excluding steroid dienone is 1. The maximum atomic E-state index is 12.6. The number of hydrogen-bond donors (Lipinski definition) is 0. The summed E-state index contributed by atoms with van der Waals surface area (Å²) in [6.07, 6.45) is 1.78. The number of ether oxygens (including phenoxy) is 1. The van der Waals surface area contributed by atoms with Crippen LogP contribution >= 0.6 is 11.8 Å². The molecule has 0 spiro atoms. The van der Waals surface area contributed by atoms with Gasteiger partial charge in [-0.15, -0.1) is 0 Å². The minimum absolute atomic E-state index is 0.00439. The summed E-state index contributed by atoms with van der Waals surface area (Å²) in [4.78, 5) is 26.6. The van der Waals surface area contributed by atoms with Crippen molar-refractivity contribution in [2.24, 2.45) is 0 Å². The van der Waals surface area contributed by atoms with Crippen LogP contribution in [-0.4, -0.2) is 11.8 Å². The van der Waals surface area contributed by atoms with E-state index in [2.05, 4.69) is 0 Å². The first-order valence-electron chi connectivity index (χ1n) is 8.53. The summed E-state index contributed by atoms with van der Waals surface area (Å²) in [5.41, 5.74) is 2.97. The molecule has 0 N–H and O–H groups in total. The molecule has 0 atom stereocenters. The van der Waals surface area contributed by atoms with Crippen LogP contribution in [0.15, 0.2) is 82.6 Å². The molecule has 0 saturated carbocycles. The van der Waals surface area contributed by atoms with E-state index in [4.69, 9.17) is 4.74 Å². The Morgan fingerprint density at radius 2 is 1.63 bits per heavy atom. The summed E-state index contributed by atoms with van der Waals surface area (Å²) in [5.74, 6) is 0.00438. The molecule has 0 saturated heterocycles. The zero-order valence-corrected chi connectivity index (χ0v) is 15.5. The van der Waals surface area contributed by atoms with Gasteiger partial charge in [-0.3, -0.25) is 4.79 Å². The van der Waals surface area contributed by atoms with Crippen molar-refractivity contribution in [1.82, 2.24) is 0 Å². The molecule has 0 aliphatic carbocycles. The van der Waals surface area contributed by atoms with E-state index in [0.717, 1.165) is 10.5 Å². The Balaban J connectivity index is 1.62. The second-order valence-electron chi connectivity index (χ2n) is 6.23. The molecule has 3 aromatic carbocycles. The molecular formula is C23H16O3S. The Kier molecular flexibility index (Phi) is 4.65. The van der Waals surface area contributed by atoms with Gasteiger partial charge < -0.3 is 4.74 Å². The van der Waals surface area contributed by atoms with Crippen LogP contribution in [0.25, 0.3) is 6.08 Å². The van der Waals surface area contributed by atoms with Gasteiger partial charge in [-0.05, 0) is 43.3 Å². The van der Waals surface area contributed by atoms with Crippen LogP contribution in [0.1, 0.15) is 31.8 Å². The number of thioether (sulfide) groups is 1. The Morgan fingerprint density at radius 3 is 2.41 bits per heavy atom. The van der Waals surface area contributed by atoms with E-state index in [-0.39, 0.29) is 5.78 Å². The minimum atomic E-state index is -0.422. The largest absolute Gasteiger partial charge is 0.422 e. The highest BCUT2D eigenvalue weighted by Gasteiger charge is 2.25. The van der Waals surface area contributed by atoms with Crippen molar-refractivity contribution in [3.8, 4) is 5.75 Å². The second kappa shape index (κ2) is 7.25. The number of benzene rings is 3. The Morgan fingerprint density at radius 1 is 0.926 bits per heavy atom. The summed E-state index contributed by atoms with van der Waals surface area (Å²) in [6, 6.07) is 22.0. The Hall–Kier alpha value is -3.11. The average Bonchev–Trinajstić information content (AvgIpc) is 3.00. The molecule has 0 amide bonds. The topological polar surface area (TPSA) is 43.4 Å². The van der Waals surface area contributed by atoms with Crippen molar-refractivity contribution >= 4 is 29.6 Å². The van der Waals surface area contributed by atoms with Gasteiger partial charge in [-0.25, -0.2) is 4.79 Å². The maximum Gasteiger partial charge on any atom is 0.343 e. The quantitative estimate of drug-likeness (QED) is 0.344. The maximum absolute atomic E-state index is 12.6. The van der Waals surface area contributed by atoms with Crippen LogP contribution < -0.4 is 4.74 Å². The molecule has 3 aromatic rings. The number of rotatable bonds is 3. The third kappa shape index (κ3) is 3.57. The predicted octanol–water partition coefficient (Wildman–Crippen LogP) is 5.54. The van der Waals surface area contributed by atoms with Gasteiger partial charge in [0, 0.05) is 16.0 Å². The lowest BCUT2D eigenvalue weighted by atomic mass is 10.1. The minimum Gasteiger partial charge on any atom is -0.422 e. The standard InChI is InChI=1S/C23H16O3S/c1-15-10-12-16(13-11-15)23(25)26-19-8-4-2-6-17(19)14-21-22(24)18-7-3-5-9-20(18)27-21/h2-14H,1H3/b21-14-. The average molecular weight is 372 g/mol. The lowest BCUT2D eigenvalue weighted by Gasteiger charge is -2.08. The molecule has 0 radical (unpaired) electrons. The highest BCUT2D eigenvalue weighted by Crippen LogP contribution is 2.41. The van der Waals surface area contributed by atoms with Crippen molar-refractivity contribution in [1.29, 1.82) is 0 Å². The second-order valence-corrected chi connectivity index (χ2v) is 7.31. The number of Topliss-reactive ketones (excluding diaryl/α,β-unsaturated/α-hetero) is 1. The molecule has 1 heterocycles. The van der Waals surface area contributed by atoms with E-state index < -0.39 is 5.97 Å². The highest BCUT2D eigenvalue weighted by molar-refractivity contribution is 8.04. The molecule has 0 fully saturated rings. The molecule has 27 heavy (non-hydrogen) atoms. The van der Waals surface area contributed by atoms with Gasteiger partial charge in [0.2, 0.25) is 5.78 Å². The van der Waals surface area contributed by atoms with E-state index >= 15 is 0 Å². The van der Waals surface area contributed by atoms with Gasteiger partial charge in [0.1, 0.15) is 5.75 Å². The Labute approximate surface area is 161 Å². The fourth-order valence-electron chi connectivity index (χ4n) is 2.82. The fourth-order valence-corrected chi connectivity index (χ4v) is 3.86. The van der Waals surface area contributed by atoms with E-state index in [1.54, 1.807) is 30.3 Å². The van der Waals surface area contributed by atoms with Crippen LogP contribution in [0.2, 0.25) is 0 Å². The Bertz CT molecular complexity index is 1060. The van der Waals surface area contributed by atoms with E-state index in [0.29, 0.717) is 27.3 Å². The number of para-hydroxylation sites is 1. The van der Waals surface area contributed by atoms with Gasteiger partial charge >= 0.3 is 5.97 Å². The fraction of sp³-hybridized carbons (Fsp3) is 0.0435. The molecule has 1 aliphatic rings. The van der Waals surface area contributed by atoms with Gasteiger partial charge in [-0.1, -0.05) is 59.8 Å². The molecule has 4 heteroatoms. The molecule has 132 valence electrons. The van der Waals surface area contributed by atoms with Gasteiger partial charge in [0.05, 0.1) is 10.5 Å². The van der Waals surface area contributed by atoms with Crippen LogP contribution in [-0.2, 0) is 0 Å². The van der Waals surface area contributed by atoms with Crippen molar-refractivity contribution < 1.29 is 14.3 Å². The van der Waals surface area contributed by atoms with Crippen molar-refractivity contribution in [3.05, 3.63) is 100.0 Å². The van der Waals surface area contributed by atoms with Crippen molar-refractivity contribution in [3.63, 3.8) is 0 Å². The lowest BCUT2D eigenvalue weighted by Crippen LogP contribution is -2.09. The smallest absolute Gasteiger partial charge is 0.343 e. The summed E-state index contributed by atoms with van der Waals surface area (Å²) < 4.78 is 5.59. The van der Waals surface area contributed by atoms with E-state index in [1.165, 1.54) is 11.8 Å². The number of ketones is 1. The third-order valence-electron chi connectivity index (χ3n) is 4.27. The highest BCUT2D eigenvalue weighted by atomic mass is 32.2. The van der Waals surface area contributed by atoms with Crippen molar-refractivity contribution in [2.45, 2.75) is 11.8 Å². The van der Waals surface area contributed by atoms with Gasteiger partial charge in [0.25, 0.3) is 0 Å². The molecular weight excluding hydrogens is 356 g/mol. The normalized spacial score (nSPS) is 14.3. The van der Waals surface area contributed by atoms with Crippen LogP contribution in [0.4, 0.5) is 0 Å². The number of fused-ring (bicyclic) bond motifs is 1. The van der Waals surface area contributed by atoms with E-state index in [1.807, 2.05) is 55.5 Å². The van der Waals surface area contributed by atoms with Crippen LogP contribution in [0.5, 0.6) is 5.75 Å². The van der Waals surface area contributed by atoms with Crippen LogP contribution in [0.3, 0.4) is 0 Å². The zero-order chi connectivity index (χ0) is 18.8. The van der Waals surface area contributed by atoms with Gasteiger partial charge in [-0.2, -0.15) is 0 Å². The number of carbonyl (C=O) groups excluding carboxylic acids is 2.